The molecular weight excluding hydrogens is 256 g/mol. The Morgan fingerprint density at radius 1 is 1.44 bits per heavy atom. The van der Waals surface area contributed by atoms with Gasteiger partial charge in [-0.3, -0.25) is 0 Å². The summed E-state index contributed by atoms with van der Waals surface area (Å²) in [7, 11) is -1.83. The Morgan fingerprint density at radius 3 is 2.78 bits per heavy atom. The largest absolute Gasteiger partial charge is 0.447 e. The molecule has 0 aromatic carbocycles. The maximum atomic E-state index is 11.8. The summed E-state index contributed by atoms with van der Waals surface area (Å²) in [5.41, 5.74) is 0. The number of aliphatic hydroxyl groups is 1. The first-order valence-corrected chi connectivity index (χ1v) is 7.35. The van der Waals surface area contributed by atoms with Crippen LogP contribution in [0.15, 0.2) is 21.6 Å². The lowest BCUT2D eigenvalue weighted by molar-refractivity contribution is 0.182. The van der Waals surface area contributed by atoms with Gasteiger partial charge in [0.2, 0.25) is 5.09 Å². The highest BCUT2D eigenvalue weighted by molar-refractivity contribution is 7.89. The zero-order valence-corrected chi connectivity index (χ0v) is 11.5. The third-order valence-electron chi connectivity index (χ3n) is 2.34. The fourth-order valence-electron chi connectivity index (χ4n) is 1.45. The first kappa shape index (κ1) is 15.2. The van der Waals surface area contributed by atoms with Crippen molar-refractivity contribution in [3.8, 4) is 0 Å². The second-order valence-corrected chi connectivity index (χ2v) is 5.84. The van der Waals surface area contributed by atoms with Crippen LogP contribution in [0.1, 0.15) is 25.5 Å². The van der Waals surface area contributed by atoms with Crippen molar-refractivity contribution in [3.63, 3.8) is 0 Å². The molecule has 0 aliphatic rings. The molecule has 1 aromatic heterocycles. The van der Waals surface area contributed by atoms with Crippen LogP contribution in [-0.2, 0) is 16.6 Å². The molecular formula is C11H20N2O4S. The highest BCUT2D eigenvalue weighted by Gasteiger charge is 2.17. The predicted molar refractivity (Wildman–Crippen MR) is 67.6 cm³/mol. The van der Waals surface area contributed by atoms with Gasteiger partial charge in [-0.05, 0) is 38.9 Å². The lowest BCUT2D eigenvalue weighted by Crippen LogP contribution is -2.25. The average Bonchev–Trinajstić information content (AvgIpc) is 2.74. The van der Waals surface area contributed by atoms with Crippen LogP contribution >= 0.6 is 0 Å². The summed E-state index contributed by atoms with van der Waals surface area (Å²) >= 11 is 0. The van der Waals surface area contributed by atoms with Gasteiger partial charge in [0.25, 0.3) is 10.0 Å². The first-order chi connectivity index (χ1) is 8.45. The molecule has 0 aliphatic heterocycles. The van der Waals surface area contributed by atoms with Crippen LogP contribution in [0.5, 0.6) is 0 Å². The molecule has 0 saturated heterocycles. The fourth-order valence-corrected chi connectivity index (χ4v) is 2.47. The van der Waals surface area contributed by atoms with Crippen LogP contribution in [0.25, 0.3) is 0 Å². The Kier molecular flexibility index (Phi) is 5.80. The molecule has 1 atom stereocenters. The van der Waals surface area contributed by atoms with Crippen LogP contribution in [0, 0.1) is 0 Å². The molecule has 0 radical (unpaired) electrons. The number of sulfonamides is 1. The monoisotopic (exact) mass is 276 g/mol. The lowest BCUT2D eigenvalue weighted by atomic mass is 10.2. The van der Waals surface area contributed by atoms with Crippen molar-refractivity contribution >= 4 is 10.0 Å². The summed E-state index contributed by atoms with van der Waals surface area (Å²) in [4.78, 5) is 0. The van der Waals surface area contributed by atoms with E-state index in [0.717, 1.165) is 0 Å². The Balaban J connectivity index is 2.51. The normalized spacial score (nSPS) is 13.7. The molecule has 0 bridgehead atoms. The van der Waals surface area contributed by atoms with Crippen LogP contribution in [-0.4, -0.2) is 33.2 Å². The van der Waals surface area contributed by atoms with Crippen molar-refractivity contribution < 1.29 is 17.9 Å². The van der Waals surface area contributed by atoms with E-state index in [1.807, 2.05) is 0 Å². The topological polar surface area (TPSA) is 91.6 Å². The molecule has 3 N–H and O–H groups in total. The molecule has 7 heteroatoms. The van der Waals surface area contributed by atoms with Gasteiger partial charge in [-0.1, -0.05) is 0 Å². The third kappa shape index (κ3) is 4.77. The van der Waals surface area contributed by atoms with E-state index >= 15 is 0 Å². The maximum Gasteiger partial charge on any atom is 0.273 e. The summed E-state index contributed by atoms with van der Waals surface area (Å²) < 4.78 is 31.3. The molecule has 1 aromatic rings. The second-order valence-electron chi connectivity index (χ2n) is 4.14. The third-order valence-corrected chi connectivity index (χ3v) is 3.68. The highest BCUT2D eigenvalue weighted by Crippen LogP contribution is 2.13. The Morgan fingerprint density at radius 2 is 2.17 bits per heavy atom. The zero-order chi connectivity index (χ0) is 13.6. The van der Waals surface area contributed by atoms with E-state index in [-0.39, 0.29) is 11.6 Å². The minimum absolute atomic E-state index is 0.0789. The quantitative estimate of drug-likeness (QED) is 0.599. The molecule has 18 heavy (non-hydrogen) atoms. The summed E-state index contributed by atoms with van der Waals surface area (Å²) in [6.07, 6.45) is 0.729. The van der Waals surface area contributed by atoms with E-state index in [1.54, 1.807) is 20.0 Å². The van der Waals surface area contributed by atoms with E-state index in [4.69, 9.17) is 9.52 Å². The van der Waals surface area contributed by atoms with Crippen molar-refractivity contribution in [2.75, 3.05) is 13.6 Å². The number of aliphatic hydroxyl groups excluding tert-OH is 1. The van der Waals surface area contributed by atoms with Crippen molar-refractivity contribution in [1.82, 2.24) is 10.0 Å². The molecule has 1 heterocycles. The van der Waals surface area contributed by atoms with Gasteiger partial charge >= 0.3 is 0 Å². The van der Waals surface area contributed by atoms with Gasteiger partial charge < -0.3 is 14.8 Å². The highest BCUT2D eigenvalue weighted by atomic mass is 32.2. The molecule has 104 valence electrons. The Labute approximate surface area is 107 Å². The minimum atomic E-state index is -3.58. The van der Waals surface area contributed by atoms with Crippen molar-refractivity contribution in [3.05, 3.63) is 17.9 Å². The van der Waals surface area contributed by atoms with Crippen LogP contribution < -0.4 is 10.0 Å². The maximum absolute atomic E-state index is 11.8. The van der Waals surface area contributed by atoms with E-state index in [9.17, 15) is 8.42 Å². The van der Waals surface area contributed by atoms with Crippen molar-refractivity contribution in [2.24, 2.45) is 0 Å². The molecule has 0 saturated carbocycles. The first-order valence-electron chi connectivity index (χ1n) is 5.86. The summed E-state index contributed by atoms with van der Waals surface area (Å²) in [6.45, 7) is 2.44. The summed E-state index contributed by atoms with van der Waals surface area (Å²) in [5.74, 6) is 0.571. The van der Waals surface area contributed by atoms with Crippen molar-refractivity contribution in [1.29, 1.82) is 0 Å². The van der Waals surface area contributed by atoms with Gasteiger partial charge in [0.15, 0.2) is 0 Å². The molecule has 0 spiro atoms. The van der Waals surface area contributed by atoms with E-state index in [2.05, 4.69) is 10.0 Å². The fraction of sp³-hybridized carbons (Fsp3) is 0.636. The SMILES string of the molecule is CNCc1ccc(S(=O)(=O)NCCCC(C)O)o1. The van der Waals surface area contributed by atoms with Crippen LogP contribution in [0.2, 0.25) is 0 Å². The summed E-state index contributed by atoms with van der Waals surface area (Å²) in [5, 5.41) is 11.9. The van der Waals surface area contributed by atoms with Gasteiger partial charge in [-0.2, -0.15) is 0 Å². The predicted octanol–water partition coefficient (Wildman–Crippen LogP) is 0.438. The van der Waals surface area contributed by atoms with Crippen molar-refractivity contribution in [2.45, 2.75) is 37.5 Å². The smallest absolute Gasteiger partial charge is 0.273 e. The second kappa shape index (κ2) is 6.89. The lowest BCUT2D eigenvalue weighted by Gasteiger charge is -2.05. The average molecular weight is 276 g/mol. The van der Waals surface area contributed by atoms with Gasteiger partial charge in [-0.15, -0.1) is 0 Å². The van der Waals surface area contributed by atoms with E-state index in [0.29, 0.717) is 25.1 Å². The molecule has 1 rings (SSSR count). The van der Waals surface area contributed by atoms with Crippen LogP contribution in [0.3, 0.4) is 0 Å². The molecule has 0 aliphatic carbocycles. The molecule has 0 amide bonds. The van der Waals surface area contributed by atoms with Gasteiger partial charge in [-0.25, -0.2) is 13.1 Å². The Bertz CT molecular complexity index is 453. The van der Waals surface area contributed by atoms with Gasteiger partial charge in [0.1, 0.15) is 5.76 Å². The standard InChI is InChI=1S/C11H20N2O4S/c1-9(14)4-3-7-13-18(15,16)11-6-5-10(17-11)8-12-2/h5-6,9,12-14H,3-4,7-8H2,1-2H3. The molecule has 6 nitrogen and oxygen atoms in total. The zero-order valence-electron chi connectivity index (χ0n) is 10.6. The van der Waals surface area contributed by atoms with Gasteiger partial charge in [0.05, 0.1) is 12.6 Å². The number of rotatable bonds is 8. The van der Waals surface area contributed by atoms with Crippen LogP contribution in [0.4, 0.5) is 0 Å². The van der Waals surface area contributed by atoms with Gasteiger partial charge in [0, 0.05) is 6.54 Å². The van der Waals surface area contributed by atoms with E-state index in [1.165, 1.54) is 6.07 Å². The molecule has 0 fully saturated rings. The minimum Gasteiger partial charge on any atom is -0.447 e. The molecule has 1 unspecified atom stereocenters. The number of furan rings is 1. The summed E-state index contributed by atoms with van der Waals surface area (Å²) in [6, 6.07) is 3.06. The Hall–Kier alpha value is -0.890. The number of hydrogen-bond acceptors (Lipinski definition) is 5. The van der Waals surface area contributed by atoms with E-state index < -0.39 is 16.1 Å². The number of hydrogen-bond donors (Lipinski definition) is 3. The number of nitrogens with one attached hydrogen (secondary N) is 2.